The van der Waals surface area contributed by atoms with Gasteiger partial charge in [-0.2, -0.15) is 0 Å². The van der Waals surface area contributed by atoms with Crippen LogP contribution >= 0.6 is 0 Å². The minimum atomic E-state index is 0.204. The van der Waals surface area contributed by atoms with Gasteiger partial charge in [-0.1, -0.05) is 12.1 Å². The van der Waals surface area contributed by atoms with E-state index in [9.17, 15) is 4.79 Å². The van der Waals surface area contributed by atoms with Crippen molar-refractivity contribution < 1.29 is 9.53 Å². The second-order valence-electron chi connectivity index (χ2n) is 6.64. The average Bonchev–Trinajstić information content (AvgIpc) is 3.20. The van der Waals surface area contributed by atoms with Crippen LogP contribution in [0.3, 0.4) is 0 Å². The van der Waals surface area contributed by atoms with E-state index < -0.39 is 0 Å². The Bertz CT molecular complexity index is 931. The van der Waals surface area contributed by atoms with E-state index in [-0.39, 0.29) is 5.91 Å². The zero-order chi connectivity index (χ0) is 18.6. The lowest BCUT2D eigenvalue weighted by molar-refractivity contribution is -0.131. The molecule has 0 atom stereocenters. The molecule has 1 fully saturated rings. The SMILES string of the molecule is COc1cccc(CCC(=O)N2CCN(c3ccc4nccn4n3)CC2)c1. The summed E-state index contributed by atoms with van der Waals surface area (Å²) in [5.74, 6) is 1.95. The minimum Gasteiger partial charge on any atom is -0.497 e. The lowest BCUT2D eigenvalue weighted by atomic mass is 10.1. The van der Waals surface area contributed by atoms with Gasteiger partial charge in [-0.15, -0.1) is 5.10 Å². The molecule has 0 radical (unpaired) electrons. The van der Waals surface area contributed by atoms with E-state index in [1.165, 1.54) is 0 Å². The Morgan fingerprint density at radius 2 is 2.00 bits per heavy atom. The number of aromatic nitrogens is 3. The maximum Gasteiger partial charge on any atom is 0.223 e. The van der Waals surface area contributed by atoms with Gasteiger partial charge in [-0.05, 0) is 36.2 Å². The molecule has 0 bridgehead atoms. The first-order valence-electron chi connectivity index (χ1n) is 9.19. The third-order valence-electron chi connectivity index (χ3n) is 4.96. The Balaban J connectivity index is 1.31. The predicted molar refractivity (Wildman–Crippen MR) is 103 cm³/mol. The maximum atomic E-state index is 12.6. The fourth-order valence-corrected chi connectivity index (χ4v) is 3.40. The zero-order valence-corrected chi connectivity index (χ0v) is 15.4. The molecule has 27 heavy (non-hydrogen) atoms. The van der Waals surface area contributed by atoms with Crippen molar-refractivity contribution in [2.45, 2.75) is 12.8 Å². The smallest absolute Gasteiger partial charge is 0.223 e. The first kappa shape index (κ1) is 17.3. The molecular formula is C20H23N5O2. The molecule has 7 nitrogen and oxygen atoms in total. The molecule has 0 N–H and O–H groups in total. The van der Waals surface area contributed by atoms with Crippen LogP contribution in [0.5, 0.6) is 5.75 Å². The number of imidazole rings is 1. The number of hydrogen-bond acceptors (Lipinski definition) is 5. The third kappa shape index (κ3) is 3.86. The molecule has 0 unspecified atom stereocenters. The molecular weight excluding hydrogens is 342 g/mol. The highest BCUT2D eigenvalue weighted by atomic mass is 16.5. The lowest BCUT2D eigenvalue weighted by Crippen LogP contribution is -2.49. The van der Waals surface area contributed by atoms with Gasteiger partial charge in [0.15, 0.2) is 5.65 Å². The minimum absolute atomic E-state index is 0.204. The number of piperazine rings is 1. The predicted octanol–water partition coefficient (Wildman–Crippen LogP) is 2.02. The molecule has 4 rings (SSSR count). The van der Waals surface area contributed by atoms with Gasteiger partial charge in [-0.3, -0.25) is 4.79 Å². The van der Waals surface area contributed by atoms with Crippen LogP contribution in [0.2, 0.25) is 0 Å². The van der Waals surface area contributed by atoms with Crippen LogP contribution in [-0.4, -0.2) is 58.7 Å². The van der Waals surface area contributed by atoms with Gasteiger partial charge in [-0.25, -0.2) is 9.50 Å². The van der Waals surface area contributed by atoms with Gasteiger partial charge in [0.25, 0.3) is 0 Å². The molecule has 3 aromatic rings. The molecule has 7 heteroatoms. The standard InChI is InChI=1S/C20H23N5O2/c1-27-17-4-2-3-16(15-17)5-8-20(26)24-13-11-23(12-14-24)19-7-6-18-21-9-10-25(18)22-19/h2-4,6-7,9-10,15H,5,8,11-14H2,1H3. The van der Waals surface area contributed by atoms with Crippen molar-refractivity contribution in [3.63, 3.8) is 0 Å². The van der Waals surface area contributed by atoms with Crippen molar-refractivity contribution in [2.24, 2.45) is 0 Å². The van der Waals surface area contributed by atoms with Crippen LogP contribution in [0.25, 0.3) is 5.65 Å². The largest absolute Gasteiger partial charge is 0.497 e. The topological polar surface area (TPSA) is 63.0 Å². The summed E-state index contributed by atoms with van der Waals surface area (Å²) < 4.78 is 7.02. The van der Waals surface area contributed by atoms with Crippen molar-refractivity contribution in [3.8, 4) is 5.75 Å². The lowest BCUT2D eigenvalue weighted by Gasteiger charge is -2.35. The van der Waals surface area contributed by atoms with Crippen LogP contribution in [0, 0.1) is 0 Å². The summed E-state index contributed by atoms with van der Waals surface area (Å²) in [6.07, 6.45) is 4.84. The molecule has 1 saturated heterocycles. The Kier molecular flexibility index (Phi) is 4.91. The van der Waals surface area contributed by atoms with E-state index in [1.54, 1.807) is 17.8 Å². The molecule has 0 aliphatic carbocycles. The number of methoxy groups -OCH3 is 1. The first-order valence-corrected chi connectivity index (χ1v) is 9.19. The Morgan fingerprint density at radius 3 is 2.81 bits per heavy atom. The molecule has 0 spiro atoms. The van der Waals surface area contributed by atoms with Gasteiger partial charge in [0, 0.05) is 45.0 Å². The van der Waals surface area contributed by atoms with Crippen LogP contribution < -0.4 is 9.64 Å². The summed E-state index contributed by atoms with van der Waals surface area (Å²) in [6.45, 7) is 3.03. The van der Waals surface area contributed by atoms with E-state index in [0.717, 1.165) is 55.4 Å². The average molecular weight is 365 g/mol. The van der Waals surface area contributed by atoms with E-state index in [0.29, 0.717) is 6.42 Å². The second-order valence-corrected chi connectivity index (χ2v) is 6.64. The van der Waals surface area contributed by atoms with Gasteiger partial charge in [0.05, 0.1) is 7.11 Å². The number of benzene rings is 1. The zero-order valence-electron chi connectivity index (χ0n) is 15.4. The number of rotatable bonds is 5. The number of hydrogen-bond donors (Lipinski definition) is 0. The number of fused-ring (bicyclic) bond motifs is 1. The van der Waals surface area contributed by atoms with Crippen molar-refractivity contribution in [3.05, 3.63) is 54.4 Å². The number of carbonyl (C=O) groups is 1. The van der Waals surface area contributed by atoms with E-state index >= 15 is 0 Å². The number of amides is 1. The highest BCUT2D eigenvalue weighted by molar-refractivity contribution is 5.76. The van der Waals surface area contributed by atoms with E-state index in [4.69, 9.17) is 4.74 Å². The summed E-state index contributed by atoms with van der Waals surface area (Å²) in [5, 5.41) is 4.59. The van der Waals surface area contributed by atoms with Crippen LogP contribution in [-0.2, 0) is 11.2 Å². The first-order chi connectivity index (χ1) is 13.2. The maximum absolute atomic E-state index is 12.6. The number of aryl methyl sites for hydroxylation is 1. The quantitative estimate of drug-likeness (QED) is 0.692. The Hall–Kier alpha value is -3.09. The molecule has 0 saturated carbocycles. The molecule has 1 aliphatic rings. The van der Waals surface area contributed by atoms with Gasteiger partial charge in [0.1, 0.15) is 11.6 Å². The fourth-order valence-electron chi connectivity index (χ4n) is 3.40. The van der Waals surface area contributed by atoms with Crippen molar-refractivity contribution in [1.82, 2.24) is 19.5 Å². The summed E-state index contributed by atoms with van der Waals surface area (Å²) in [4.78, 5) is 20.9. The number of anilines is 1. The molecule has 1 aliphatic heterocycles. The van der Waals surface area contributed by atoms with Crippen molar-refractivity contribution >= 4 is 17.4 Å². The molecule has 140 valence electrons. The van der Waals surface area contributed by atoms with Crippen LogP contribution in [0.4, 0.5) is 5.82 Å². The molecule has 3 heterocycles. The fraction of sp³-hybridized carbons (Fsp3) is 0.350. The van der Waals surface area contributed by atoms with E-state index in [1.807, 2.05) is 47.5 Å². The van der Waals surface area contributed by atoms with Crippen LogP contribution in [0.15, 0.2) is 48.8 Å². The van der Waals surface area contributed by atoms with Gasteiger partial charge < -0.3 is 14.5 Å². The molecule has 1 amide bonds. The van der Waals surface area contributed by atoms with Gasteiger partial charge >= 0.3 is 0 Å². The highest BCUT2D eigenvalue weighted by Crippen LogP contribution is 2.17. The second kappa shape index (κ2) is 7.65. The number of nitrogens with zero attached hydrogens (tertiary/aromatic N) is 5. The van der Waals surface area contributed by atoms with Crippen LogP contribution in [0.1, 0.15) is 12.0 Å². The Morgan fingerprint density at radius 1 is 1.15 bits per heavy atom. The van der Waals surface area contributed by atoms with Crippen molar-refractivity contribution in [1.29, 1.82) is 0 Å². The Labute approximate surface area is 158 Å². The summed E-state index contributed by atoms with van der Waals surface area (Å²) >= 11 is 0. The highest BCUT2D eigenvalue weighted by Gasteiger charge is 2.22. The summed E-state index contributed by atoms with van der Waals surface area (Å²) in [5.41, 5.74) is 1.96. The molecule has 2 aromatic heterocycles. The summed E-state index contributed by atoms with van der Waals surface area (Å²) in [6, 6.07) is 11.9. The summed E-state index contributed by atoms with van der Waals surface area (Å²) in [7, 11) is 1.66. The molecule has 1 aromatic carbocycles. The van der Waals surface area contributed by atoms with Crippen molar-refractivity contribution in [2.75, 3.05) is 38.2 Å². The third-order valence-corrected chi connectivity index (χ3v) is 4.96. The monoisotopic (exact) mass is 365 g/mol. The number of carbonyl (C=O) groups excluding carboxylic acids is 1. The van der Waals surface area contributed by atoms with Gasteiger partial charge in [0.2, 0.25) is 5.91 Å². The normalized spacial score (nSPS) is 14.6. The number of ether oxygens (including phenoxy) is 1. The van der Waals surface area contributed by atoms with E-state index in [2.05, 4.69) is 15.0 Å².